The second-order valence-electron chi connectivity index (χ2n) is 4.50. The van der Waals surface area contributed by atoms with E-state index in [1.165, 1.54) is 34.0 Å². The van der Waals surface area contributed by atoms with Crippen LogP contribution in [0.3, 0.4) is 0 Å². The normalized spacial score (nSPS) is 16.3. The number of thioether (sulfide) groups is 2. The van der Waals surface area contributed by atoms with Crippen LogP contribution in [0.15, 0.2) is 29.7 Å². The zero-order chi connectivity index (χ0) is 11.4. The van der Waals surface area contributed by atoms with Gasteiger partial charge in [0.2, 0.25) is 0 Å². The number of rotatable bonds is 3. The van der Waals surface area contributed by atoms with E-state index in [1.54, 1.807) is 0 Å². The van der Waals surface area contributed by atoms with Gasteiger partial charge < -0.3 is 0 Å². The van der Waals surface area contributed by atoms with Crippen LogP contribution in [0.25, 0.3) is 4.91 Å². The molecule has 0 nitrogen and oxygen atoms in total. The van der Waals surface area contributed by atoms with E-state index in [0.29, 0.717) is 0 Å². The summed E-state index contributed by atoms with van der Waals surface area (Å²) in [5, 5.41) is 2.30. The molecule has 0 fully saturated rings. The van der Waals surface area contributed by atoms with E-state index in [2.05, 4.69) is 43.5 Å². The van der Waals surface area contributed by atoms with E-state index in [1.807, 2.05) is 23.5 Å². The van der Waals surface area contributed by atoms with Crippen LogP contribution in [0, 0.1) is 5.92 Å². The van der Waals surface area contributed by atoms with Gasteiger partial charge in [-0.25, -0.2) is 0 Å². The molecule has 0 saturated heterocycles. The molecule has 86 valence electrons. The maximum atomic E-state index is 2.30. The molecule has 0 aliphatic carbocycles. The molecule has 1 aromatic rings. The fourth-order valence-corrected chi connectivity index (χ4v) is 3.92. The fraction of sp³-hybridized carbons (Fsp3) is 0.429. The Labute approximate surface area is 107 Å². The predicted octanol–water partition coefficient (Wildman–Crippen LogP) is 4.66. The van der Waals surface area contributed by atoms with E-state index < -0.39 is 0 Å². The van der Waals surface area contributed by atoms with Crippen LogP contribution < -0.4 is 0 Å². The molecule has 2 rings (SSSR count). The van der Waals surface area contributed by atoms with Crippen molar-refractivity contribution in [3.8, 4) is 0 Å². The van der Waals surface area contributed by atoms with Crippen molar-refractivity contribution >= 4 is 28.4 Å². The summed E-state index contributed by atoms with van der Waals surface area (Å²) in [6.45, 7) is 4.54. The van der Waals surface area contributed by atoms with Crippen LogP contribution >= 0.6 is 23.5 Å². The van der Waals surface area contributed by atoms with Gasteiger partial charge in [-0.3, -0.25) is 0 Å². The number of benzene rings is 1. The summed E-state index contributed by atoms with van der Waals surface area (Å²) in [4.78, 5) is 1.44. The molecule has 0 N–H and O–H groups in total. The van der Waals surface area contributed by atoms with Crippen LogP contribution in [0.4, 0.5) is 0 Å². The number of hydrogen-bond donors (Lipinski definition) is 0. The molecule has 1 aliphatic rings. The molecule has 2 heteroatoms. The third kappa shape index (κ3) is 3.33. The van der Waals surface area contributed by atoms with Crippen LogP contribution in [-0.4, -0.2) is 11.5 Å². The van der Waals surface area contributed by atoms with E-state index >= 15 is 0 Å². The molecule has 0 amide bonds. The molecule has 1 heterocycles. The molecule has 0 unspecified atom stereocenters. The van der Waals surface area contributed by atoms with Gasteiger partial charge in [-0.05, 0) is 28.9 Å². The highest BCUT2D eigenvalue weighted by Gasteiger charge is 2.07. The Balaban J connectivity index is 2.09. The average Bonchev–Trinajstić information content (AvgIpc) is 2.30. The lowest BCUT2D eigenvalue weighted by molar-refractivity contribution is 0.647. The standard InChI is InChI=1S/C14H18S2/c1-11(2)9-12-3-5-13(6-4-12)14-10-15-7-8-16-14/h3-6,10-11H,7-9H2,1-2H3. The summed E-state index contributed by atoms with van der Waals surface area (Å²) >= 11 is 3.91. The van der Waals surface area contributed by atoms with Gasteiger partial charge in [0.1, 0.15) is 0 Å². The van der Waals surface area contributed by atoms with Gasteiger partial charge in [-0.1, -0.05) is 38.1 Å². The van der Waals surface area contributed by atoms with Crippen LogP contribution in [0.2, 0.25) is 0 Å². The Morgan fingerprint density at radius 1 is 1.12 bits per heavy atom. The lowest BCUT2D eigenvalue weighted by Gasteiger charge is -2.12. The third-order valence-electron chi connectivity index (χ3n) is 2.53. The first kappa shape index (κ1) is 12.1. The Morgan fingerprint density at radius 3 is 2.44 bits per heavy atom. The van der Waals surface area contributed by atoms with E-state index in [4.69, 9.17) is 0 Å². The second kappa shape index (κ2) is 5.83. The van der Waals surface area contributed by atoms with Crippen molar-refractivity contribution < 1.29 is 0 Å². The fourth-order valence-electron chi connectivity index (χ4n) is 1.80. The summed E-state index contributed by atoms with van der Waals surface area (Å²) in [7, 11) is 0. The summed E-state index contributed by atoms with van der Waals surface area (Å²) in [6, 6.07) is 9.08. The van der Waals surface area contributed by atoms with Gasteiger partial charge in [-0.2, -0.15) is 0 Å². The maximum Gasteiger partial charge on any atom is 0.0208 e. The van der Waals surface area contributed by atoms with Crippen LogP contribution in [-0.2, 0) is 6.42 Å². The lowest BCUT2D eigenvalue weighted by atomic mass is 10.0. The smallest absolute Gasteiger partial charge is 0.0208 e. The molecule has 1 aliphatic heterocycles. The molecular formula is C14H18S2. The Hall–Kier alpha value is -0.340. The average molecular weight is 250 g/mol. The van der Waals surface area contributed by atoms with E-state index in [-0.39, 0.29) is 0 Å². The molecule has 1 aromatic carbocycles. The SMILES string of the molecule is CC(C)Cc1ccc(C2=CSCCS2)cc1. The van der Waals surface area contributed by atoms with Gasteiger partial charge in [0.25, 0.3) is 0 Å². The summed E-state index contributed by atoms with van der Waals surface area (Å²) < 4.78 is 0. The van der Waals surface area contributed by atoms with Gasteiger partial charge >= 0.3 is 0 Å². The van der Waals surface area contributed by atoms with Gasteiger partial charge in [-0.15, -0.1) is 23.5 Å². The predicted molar refractivity (Wildman–Crippen MR) is 77.9 cm³/mol. The minimum absolute atomic E-state index is 0.740. The van der Waals surface area contributed by atoms with Crippen molar-refractivity contribution in [2.24, 2.45) is 5.92 Å². The van der Waals surface area contributed by atoms with Crippen LogP contribution in [0.1, 0.15) is 25.0 Å². The molecule has 0 aromatic heterocycles. The third-order valence-corrected chi connectivity index (χ3v) is 4.85. The highest BCUT2D eigenvalue weighted by Crippen LogP contribution is 2.34. The summed E-state index contributed by atoms with van der Waals surface area (Å²) in [5.74, 6) is 3.23. The lowest BCUT2D eigenvalue weighted by Crippen LogP contribution is -1.95. The zero-order valence-electron chi connectivity index (χ0n) is 9.90. The van der Waals surface area contributed by atoms with E-state index in [0.717, 1.165) is 5.92 Å². The Bertz CT molecular complexity index is 363. The first-order chi connectivity index (χ1) is 7.75. The molecule has 0 radical (unpaired) electrons. The van der Waals surface area contributed by atoms with Gasteiger partial charge in [0.05, 0.1) is 0 Å². The molecule has 0 atom stereocenters. The Morgan fingerprint density at radius 2 is 1.88 bits per heavy atom. The quantitative estimate of drug-likeness (QED) is 0.765. The minimum atomic E-state index is 0.740. The second-order valence-corrected chi connectivity index (χ2v) is 6.61. The van der Waals surface area contributed by atoms with Crippen molar-refractivity contribution in [2.75, 3.05) is 11.5 Å². The van der Waals surface area contributed by atoms with Crippen LogP contribution in [0.5, 0.6) is 0 Å². The molecule has 16 heavy (non-hydrogen) atoms. The van der Waals surface area contributed by atoms with Crippen molar-refractivity contribution in [1.82, 2.24) is 0 Å². The van der Waals surface area contributed by atoms with E-state index in [9.17, 15) is 0 Å². The van der Waals surface area contributed by atoms with Crippen molar-refractivity contribution in [1.29, 1.82) is 0 Å². The minimum Gasteiger partial charge on any atom is -0.132 e. The molecular weight excluding hydrogens is 232 g/mol. The Kier molecular flexibility index (Phi) is 4.42. The van der Waals surface area contributed by atoms with Crippen molar-refractivity contribution in [3.05, 3.63) is 40.8 Å². The highest BCUT2D eigenvalue weighted by atomic mass is 32.2. The topological polar surface area (TPSA) is 0 Å². The largest absolute Gasteiger partial charge is 0.132 e. The van der Waals surface area contributed by atoms with Gasteiger partial charge in [0, 0.05) is 16.4 Å². The first-order valence-corrected chi connectivity index (χ1v) is 7.83. The summed E-state index contributed by atoms with van der Waals surface area (Å²) in [5.41, 5.74) is 2.83. The number of hydrogen-bond acceptors (Lipinski definition) is 2. The zero-order valence-corrected chi connectivity index (χ0v) is 11.5. The summed E-state index contributed by atoms with van der Waals surface area (Å²) in [6.07, 6.45) is 1.18. The molecule has 0 saturated carbocycles. The van der Waals surface area contributed by atoms with Gasteiger partial charge in [0.15, 0.2) is 0 Å². The van der Waals surface area contributed by atoms with Crippen molar-refractivity contribution in [2.45, 2.75) is 20.3 Å². The maximum absolute atomic E-state index is 2.30. The highest BCUT2D eigenvalue weighted by molar-refractivity contribution is 8.13. The molecule has 0 bridgehead atoms. The first-order valence-electron chi connectivity index (χ1n) is 5.79. The van der Waals surface area contributed by atoms with Crippen molar-refractivity contribution in [3.63, 3.8) is 0 Å². The molecule has 0 spiro atoms. The monoisotopic (exact) mass is 250 g/mol.